The molecule has 0 amide bonds. The molecule has 0 radical (unpaired) electrons. The van der Waals surface area contributed by atoms with Crippen molar-refractivity contribution in [2.45, 2.75) is 38.8 Å². The number of alkyl halides is 2. The topological polar surface area (TPSA) is 21.3 Å². The molecule has 100 valence electrons. The van der Waals surface area contributed by atoms with Crippen molar-refractivity contribution >= 4 is 0 Å². The predicted molar refractivity (Wildman–Crippen MR) is 66.7 cm³/mol. The summed E-state index contributed by atoms with van der Waals surface area (Å²) >= 11 is 0. The van der Waals surface area contributed by atoms with E-state index >= 15 is 0 Å². The molecule has 1 aliphatic rings. The van der Waals surface area contributed by atoms with Crippen LogP contribution in [-0.2, 0) is 6.54 Å². The second-order valence-electron chi connectivity index (χ2n) is 4.78. The van der Waals surface area contributed by atoms with E-state index < -0.39 is 6.61 Å². The number of ether oxygens (including phenoxy) is 1. The molecule has 1 aromatic rings. The average molecular weight is 255 g/mol. The normalized spacial score (nSPS) is 15.1. The molecule has 1 aromatic carbocycles. The van der Waals surface area contributed by atoms with Crippen molar-refractivity contribution in [3.63, 3.8) is 0 Å². The molecule has 4 heteroatoms. The van der Waals surface area contributed by atoms with E-state index in [1.54, 1.807) is 12.1 Å². The summed E-state index contributed by atoms with van der Waals surface area (Å²) < 4.78 is 28.2. The van der Waals surface area contributed by atoms with Crippen LogP contribution in [0.2, 0.25) is 0 Å². The summed E-state index contributed by atoms with van der Waals surface area (Å²) in [6, 6.07) is 6.78. The number of rotatable bonds is 8. The van der Waals surface area contributed by atoms with E-state index in [1.165, 1.54) is 25.7 Å². The van der Waals surface area contributed by atoms with E-state index in [1.807, 2.05) is 12.1 Å². The van der Waals surface area contributed by atoms with Crippen molar-refractivity contribution in [1.29, 1.82) is 0 Å². The molecule has 0 bridgehead atoms. The molecule has 1 aliphatic carbocycles. The van der Waals surface area contributed by atoms with Crippen molar-refractivity contribution in [3.8, 4) is 5.75 Å². The quantitative estimate of drug-likeness (QED) is 0.717. The maximum absolute atomic E-state index is 11.9. The summed E-state index contributed by atoms with van der Waals surface area (Å²) in [6.45, 7) is -0.956. The zero-order valence-corrected chi connectivity index (χ0v) is 10.4. The van der Waals surface area contributed by atoms with E-state index in [0.29, 0.717) is 0 Å². The number of halogens is 2. The van der Waals surface area contributed by atoms with E-state index in [-0.39, 0.29) is 5.75 Å². The molecule has 1 N–H and O–H groups in total. The largest absolute Gasteiger partial charge is 0.435 e. The van der Waals surface area contributed by atoms with E-state index in [0.717, 1.165) is 24.6 Å². The van der Waals surface area contributed by atoms with E-state index in [4.69, 9.17) is 0 Å². The highest BCUT2D eigenvalue weighted by atomic mass is 19.3. The molecular weight excluding hydrogens is 236 g/mol. The summed E-state index contributed by atoms with van der Waals surface area (Å²) in [5.74, 6) is 1.19. The standard InChI is InChI=1S/C14H19F2NO/c15-14(16)18-13-7-5-12(6-8-13)10-17-9-1-2-11-3-4-11/h5-8,11,14,17H,1-4,9-10H2. The third-order valence-corrected chi connectivity index (χ3v) is 3.14. The smallest absolute Gasteiger partial charge is 0.387 e. The van der Waals surface area contributed by atoms with Crippen LogP contribution in [-0.4, -0.2) is 13.2 Å². The molecule has 1 fully saturated rings. The first kappa shape index (κ1) is 13.3. The summed E-state index contributed by atoms with van der Waals surface area (Å²) in [4.78, 5) is 0. The predicted octanol–water partition coefficient (Wildman–Crippen LogP) is 3.57. The van der Waals surface area contributed by atoms with Gasteiger partial charge in [0.2, 0.25) is 0 Å². The van der Waals surface area contributed by atoms with Gasteiger partial charge in [-0.05, 0) is 43.0 Å². The van der Waals surface area contributed by atoms with Crippen molar-refractivity contribution in [2.75, 3.05) is 6.54 Å². The fraction of sp³-hybridized carbons (Fsp3) is 0.571. The molecule has 2 rings (SSSR count). The Morgan fingerprint density at radius 3 is 2.56 bits per heavy atom. The maximum Gasteiger partial charge on any atom is 0.387 e. The second kappa shape index (κ2) is 6.69. The summed E-state index contributed by atoms with van der Waals surface area (Å²) in [6.07, 6.45) is 5.36. The van der Waals surface area contributed by atoms with Crippen LogP contribution >= 0.6 is 0 Å². The zero-order chi connectivity index (χ0) is 12.8. The average Bonchev–Trinajstić information content (AvgIpc) is 3.14. The summed E-state index contributed by atoms with van der Waals surface area (Å²) in [5, 5.41) is 3.36. The molecule has 0 saturated heterocycles. The van der Waals surface area contributed by atoms with Gasteiger partial charge in [0.25, 0.3) is 0 Å². The summed E-state index contributed by atoms with van der Waals surface area (Å²) in [5.41, 5.74) is 1.09. The van der Waals surface area contributed by atoms with Gasteiger partial charge >= 0.3 is 6.61 Å². The summed E-state index contributed by atoms with van der Waals surface area (Å²) in [7, 11) is 0. The first-order valence-electron chi connectivity index (χ1n) is 6.48. The van der Waals surface area contributed by atoms with Gasteiger partial charge in [-0.25, -0.2) is 0 Å². The molecule has 2 nitrogen and oxygen atoms in total. The van der Waals surface area contributed by atoms with Gasteiger partial charge in [0, 0.05) is 6.54 Å². The van der Waals surface area contributed by atoms with Gasteiger partial charge in [-0.3, -0.25) is 0 Å². The lowest BCUT2D eigenvalue weighted by molar-refractivity contribution is -0.0498. The minimum atomic E-state index is -2.75. The van der Waals surface area contributed by atoms with Gasteiger partial charge in [0.1, 0.15) is 5.75 Å². The Morgan fingerprint density at radius 1 is 1.22 bits per heavy atom. The van der Waals surface area contributed by atoms with Crippen LogP contribution in [0, 0.1) is 5.92 Å². The Labute approximate surface area is 106 Å². The number of nitrogens with one attached hydrogen (secondary N) is 1. The molecule has 0 unspecified atom stereocenters. The minimum Gasteiger partial charge on any atom is -0.435 e. The maximum atomic E-state index is 11.9. The third kappa shape index (κ3) is 5.00. The van der Waals surface area contributed by atoms with Crippen LogP contribution in [0.1, 0.15) is 31.2 Å². The van der Waals surface area contributed by atoms with Gasteiger partial charge in [-0.1, -0.05) is 25.0 Å². The number of benzene rings is 1. The van der Waals surface area contributed by atoms with Gasteiger partial charge in [0.15, 0.2) is 0 Å². The molecule has 0 atom stereocenters. The lowest BCUT2D eigenvalue weighted by atomic mass is 10.2. The molecule has 1 saturated carbocycles. The first-order valence-corrected chi connectivity index (χ1v) is 6.48. The molecular formula is C14H19F2NO. The van der Waals surface area contributed by atoms with Crippen LogP contribution in [0.5, 0.6) is 5.75 Å². The molecule has 0 aliphatic heterocycles. The fourth-order valence-corrected chi connectivity index (χ4v) is 1.94. The van der Waals surface area contributed by atoms with Crippen LogP contribution in [0.3, 0.4) is 0 Å². The van der Waals surface area contributed by atoms with Crippen LogP contribution in [0.25, 0.3) is 0 Å². The monoisotopic (exact) mass is 255 g/mol. The number of hydrogen-bond donors (Lipinski definition) is 1. The Kier molecular flexibility index (Phi) is 4.93. The Bertz CT molecular complexity index is 349. The zero-order valence-electron chi connectivity index (χ0n) is 10.4. The van der Waals surface area contributed by atoms with E-state index in [2.05, 4.69) is 10.1 Å². The van der Waals surface area contributed by atoms with Gasteiger partial charge in [-0.15, -0.1) is 0 Å². The lowest BCUT2D eigenvalue weighted by Crippen LogP contribution is -2.14. The van der Waals surface area contributed by atoms with Crippen molar-refractivity contribution in [2.24, 2.45) is 5.92 Å². The highest BCUT2D eigenvalue weighted by Crippen LogP contribution is 2.33. The second-order valence-corrected chi connectivity index (χ2v) is 4.78. The van der Waals surface area contributed by atoms with Crippen LogP contribution in [0.4, 0.5) is 8.78 Å². The minimum absolute atomic E-state index is 0.211. The van der Waals surface area contributed by atoms with Crippen molar-refractivity contribution in [1.82, 2.24) is 5.32 Å². The van der Waals surface area contributed by atoms with Gasteiger partial charge in [-0.2, -0.15) is 8.78 Å². The Morgan fingerprint density at radius 2 is 1.94 bits per heavy atom. The highest BCUT2D eigenvalue weighted by molar-refractivity contribution is 5.27. The Hall–Kier alpha value is -1.16. The molecule has 0 heterocycles. The third-order valence-electron chi connectivity index (χ3n) is 3.14. The molecule has 0 aromatic heterocycles. The van der Waals surface area contributed by atoms with Crippen LogP contribution in [0.15, 0.2) is 24.3 Å². The van der Waals surface area contributed by atoms with Gasteiger partial charge < -0.3 is 10.1 Å². The Balaban J connectivity index is 1.62. The van der Waals surface area contributed by atoms with Crippen LogP contribution < -0.4 is 10.1 Å². The molecule has 18 heavy (non-hydrogen) atoms. The van der Waals surface area contributed by atoms with Gasteiger partial charge in [0.05, 0.1) is 0 Å². The molecule has 0 spiro atoms. The fourth-order valence-electron chi connectivity index (χ4n) is 1.94. The lowest BCUT2D eigenvalue weighted by Gasteiger charge is -2.07. The van der Waals surface area contributed by atoms with Crippen molar-refractivity contribution in [3.05, 3.63) is 29.8 Å². The van der Waals surface area contributed by atoms with E-state index in [9.17, 15) is 8.78 Å². The SMILES string of the molecule is FC(F)Oc1ccc(CNCCCC2CC2)cc1. The first-order chi connectivity index (χ1) is 8.74. The van der Waals surface area contributed by atoms with Crippen molar-refractivity contribution < 1.29 is 13.5 Å². The highest BCUT2D eigenvalue weighted by Gasteiger charge is 2.19. The number of hydrogen-bond acceptors (Lipinski definition) is 2.